The molecule has 1 saturated carbocycles. The summed E-state index contributed by atoms with van der Waals surface area (Å²) >= 11 is 0. The van der Waals surface area contributed by atoms with Crippen LogP contribution in [0.5, 0.6) is 0 Å². The van der Waals surface area contributed by atoms with Gasteiger partial charge in [-0.25, -0.2) is 0 Å². The van der Waals surface area contributed by atoms with Gasteiger partial charge in [-0.05, 0) is 38.1 Å². The monoisotopic (exact) mass is 226 g/mol. The summed E-state index contributed by atoms with van der Waals surface area (Å²) in [6.07, 6.45) is 5.52. The van der Waals surface area contributed by atoms with Crippen LogP contribution < -0.4 is 5.73 Å². The molecule has 1 heterocycles. The first kappa shape index (κ1) is 12.3. The molecule has 2 fully saturated rings. The van der Waals surface area contributed by atoms with Gasteiger partial charge in [-0.3, -0.25) is 4.90 Å². The van der Waals surface area contributed by atoms with Gasteiger partial charge in [-0.1, -0.05) is 12.8 Å². The minimum atomic E-state index is 0.592. The highest BCUT2D eigenvalue weighted by molar-refractivity contribution is 4.81. The van der Waals surface area contributed by atoms with E-state index in [-0.39, 0.29) is 0 Å². The van der Waals surface area contributed by atoms with E-state index >= 15 is 0 Å². The fraction of sp³-hybridized carbons (Fsp3) is 1.00. The minimum absolute atomic E-state index is 0.592. The van der Waals surface area contributed by atoms with Crippen molar-refractivity contribution in [3.63, 3.8) is 0 Å². The van der Waals surface area contributed by atoms with Crippen molar-refractivity contribution in [2.75, 3.05) is 32.8 Å². The van der Waals surface area contributed by atoms with Crippen LogP contribution in [0.3, 0.4) is 0 Å². The Balaban J connectivity index is 1.86. The Morgan fingerprint density at radius 1 is 1.25 bits per heavy atom. The topological polar surface area (TPSA) is 38.5 Å². The summed E-state index contributed by atoms with van der Waals surface area (Å²) in [6, 6.07) is 0.592. The van der Waals surface area contributed by atoms with Crippen molar-refractivity contribution in [2.24, 2.45) is 17.6 Å². The molecule has 0 spiro atoms. The van der Waals surface area contributed by atoms with Crippen LogP contribution in [0.25, 0.3) is 0 Å². The van der Waals surface area contributed by atoms with Crippen LogP contribution in [-0.4, -0.2) is 43.8 Å². The molecule has 1 saturated heterocycles. The fourth-order valence-corrected chi connectivity index (χ4v) is 3.17. The SMILES string of the molecule is CC1COCCN1CC1CCCCC1CN. The molecule has 94 valence electrons. The summed E-state index contributed by atoms with van der Waals surface area (Å²) in [5.41, 5.74) is 5.89. The Hall–Kier alpha value is -0.120. The van der Waals surface area contributed by atoms with E-state index in [1.165, 1.54) is 32.2 Å². The highest BCUT2D eigenvalue weighted by Gasteiger charge is 2.28. The van der Waals surface area contributed by atoms with Crippen LogP contribution in [0.1, 0.15) is 32.6 Å². The van der Waals surface area contributed by atoms with Crippen molar-refractivity contribution < 1.29 is 4.74 Å². The van der Waals surface area contributed by atoms with E-state index < -0.39 is 0 Å². The van der Waals surface area contributed by atoms with Crippen LogP contribution in [0.4, 0.5) is 0 Å². The summed E-state index contributed by atoms with van der Waals surface area (Å²) in [4.78, 5) is 2.60. The molecule has 2 aliphatic rings. The Morgan fingerprint density at radius 2 is 2.00 bits per heavy atom. The van der Waals surface area contributed by atoms with Crippen molar-refractivity contribution in [2.45, 2.75) is 38.6 Å². The average molecular weight is 226 g/mol. The Labute approximate surface area is 99.3 Å². The third kappa shape index (κ3) is 2.96. The van der Waals surface area contributed by atoms with Gasteiger partial charge in [-0.15, -0.1) is 0 Å². The van der Waals surface area contributed by atoms with Crippen LogP contribution in [0.2, 0.25) is 0 Å². The molecule has 1 aliphatic heterocycles. The first-order valence-corrected chi connectivity index (χ1v) is 6.83. The molecule has 0 radical (unpaired) electrons. The first-order valence-electron chi connectivity index (χ1n) is 6.83. The molecule has 0 bridgehead atoms. The maximum atomic E-state index is 5.89. The van der Waals surface area contributed by atoms with Crippen molar-refractivity contribution in [1.82, 2.24) is 4.90 Å². The minimum Gasteiger partial charge on any atom is -0.379 e. The summed E-state index contributed by atoms with van der Waals surface area (Å²) in [5.74, 6) is 1.60. The molecular formula is C13H26N2O. The second kappa shape index (κ2) is 5.99. The van der Waals surface area contributed by atoms with Crippen LogP contribution in [-0.2, 0) is 4.74 Å². The lowest BCUT2D eigenvalue weighted by Crippen LogP contribution is -2.47. The molecule has 3 unspecified atom stereocenters. The Morgan fingerprint density at radius 3 is 2.69 bits per heavy atom. The van der Waals surface area contributed by atoms with Crippen molar-refractivity contribution in [3.05, 3.63) is 0 Å². The molecule has 2 rings (SSSR count). The van der Waals surface area contributed by atoms with E-state index in [9.17, 15) is 0 Å². The third-order valence-electron chi connectivity index (χ3n) is 4.34. The van der Waals surface area contributed by atoms with Gasteiger partial charge in [-0.2, -0.15) is 0 Å². The zero-order chi connectivity index (χ0) is 11.4. The van der Waals surface area contributed by atoms with Crippen LogP contribution in [0, 0.1) is 11.8 Å². The van der Waals surface area contributed by atoms with Gasteiger partial charge in [0.15, 0.2) is 0 Å². The van der Waals surface area contributed by atoms with Gasteiger partial charge in [0.25, 0.3) is 0 Å². The van der Waals surface area contributed by atoms with E-state index in [0.717, 1.165) is 38.1 Å². The number of ether oxygens (including phenoxy) is 1. The van der Waals surface area contributed by atoms with Gasteiger partial charge < -0.3 is 10.5 Å². The van der Waals surface area contributed by atoms with Gasteiger partial charge in [0.1, 0.15) is 0 Å². The predicted molar refractivity (Wildman–Crippen MR) is 66.4 cm³/mol. The zero-order valence-corrected chi connectivity index (χ0v) is 10.5. The van der Waals surface area contributed by atoms with E-state index in [1.54, 1.807) is 0 Å². The summed E-state index contributed by atoms with van der Waals surface area (Å²) in [5, 5.41) is 0. The molecule has 0 aromatic carbocycles. The molecule has 0 aromatic heterocycles. The highest BCUT2D eigenvalue weighted by Crippen LogP contribution is 2.30. The molecule has 16 heavy (non-hydrogen) atoms. The van der Waals surface area contributed by atoms with Crippen molar-refractivity contribution >= 4 is 0 Å². The molecule has 1 aliphatic carbocycles. The van der Waals surface area contributed by atoms with Gasteiger partial charge >= 0.3 is 0 Å². The van der Waals surface area contributed by atoms with Gasteiger partial charge in [0.05, 0.1) is 13.2 Å². The molecule has 0 aromatic rings. The normalized spacial score (nSPS) is 37.5. The fourth-order valence-electron chi connectivity index (χ4n) is 3.17. The number of morpholine rings is 1. The van der Waals surface area contributed by atoms with Crippen molar-refractivity contribution in [1.29, 1.82) is 0 Å². The Bertz CT molecular complexity index is 210. The first-order chi connectivity index (χ1) is 7.81. The highest BCUT2D eigenvalue weighted by atomic mass is 16.5. The molecule has 0 amide bonds. The van der Waals surface area contributed by atoms with E-state index in [4.69, 9.17) is 10.5 Å². The third-order valence-corrected chi connectivity index (χ3v) is 4.34. The summed E-state index contributed by atoms with van der Waals surface area (Å²) < 4.78 is 5.49. The van der Waals surface area contributed by atoms with E-state index in [1.807, 2.05) is 0 Å². The molecule has 3 nitrogen and oxygen atoms in total. The summed E-state index contributed by atoms with van der Waals surface area (Å²) in [7, 11) is 0. The lowest BCUT2D eigenvalue weighted by Gasteiger charge is -2.39. The quantitative estimate of drug-likeness (QED) is 0.792. The maximum absolute atomic E-state index is 5.89. The van der Waals surface area contributed by atoms with Crippen molar-refractivity contribution in [3.8, 4) is 0 Å². The smallest absolute Gasteiger partial charge is 0.0619 e. The standard InChI is InChI=1S/C13H26N2O/c1-11-10-16-7-6-15(11)9-13-5-3-2-4-12(13)8-14/h11-13H,2-10,14H2,1H3. The molecule has 3 heteroatoms. The zero-order valence-electron chi connectivity index (χ0n) is 10.5. The van der Waals surface area contributed by atoms with Crippen LogP contribution >= 0.6 is 0 Å². The van der Waals surface area contributed by atoms with Gasteiger partial charge in [0.2, 0.25) is 0 Å². The number of hydrogen-bond acceptors (Lipinski definition) is 3. The average Bonchev–Trinajstić information content (AvgIpc) is 2.33. The molecular weight excluding hydrogens is 200 g/mol. The summed E-state index contributed by atoms with van der Waals surface area (Å²) in [6.45, 7) is 7.31. The number of nitrogens with two attached hydrogens (primary N) is 1. The predicted octanol–water partition coefficient (Wildman–Crippen LogP) is 1.47. The largest absolute Gasteiger partial charge is 0.379 e. The number of rotatable bonds is 3. The second-order valence-electron chi connectivity index (χ2n) is 5.46. The van der Waals surface area contributed by atoms with Gasteiger partial charge in [0, 0.05) is 19.1 Å². The van der Waals surface area contributed by atoms with E-state index in [2.05, 4.69) is 11.8 Å². The molecule has 3 atom stereocenters. The molecule has 2 N–H and O–H groups in total. The number of nitrogens with zero attached hydrogens (tertiary/aromatic N) is 1. The second-order valence-corrected chi connectivity index (χ2v) is 5.46. The number of hydrogen-bond donors (Lipinski definition) is 1. The van der Waals surface area contributed by atoms with E-state index in [0.29, 0.717) is 6.04 Å². The maximum Gasteiger partial charge on any atom is 0.0619 e. The Kier molecular flexibility index (Phi) is 4.62. The lowest BCUT2D eigenvalue weighted by molar-refractivity contribution is -0.0143. The van der Waals surface area contributed by atoms with Crippen LogP contribution in [0.15, 0.2) is 0 Å². The lowest BCUT2D eigenvalue weighted by atomic mass is 9.79.